The average molecular weight is 272 g/mol. The van der Waals surface area contributed by atoms with Gasteiger partial charge in [-0.05, 0) is 42.9 Å². The van der Waals surface area contributed by atoms with Gasteiger partial charge in [0, 0.05) is 6.54 Å². The number of hydrogen-bond donors (Lipinski definition) is 1. The summed E-state index contributed by atoms with van der Waals surface area (Å²) in [6, 6.07) is 7.14. The van der Waals surface area contributed by atoms with Crippen LogP contribution in [0.25, 0.3) is 0 Å². The number of benzene rings is 1. The minimum Gasteiger partial charge on any atom is -0.480 e. The Morgan fingerprint density at radius 3 is 2.80 bits per heavy atom. The number of carbonyl (C=O) groups is 1. The molecule has 2 rings (SSSR count). The maximum atomic E-state index is 11.7. The third kappa shape index (κ3) is 2.49. The number of piperidine rings is 1. The number of hydrogen-bond acceptors (Lipinski definition) is 3. The van der Waals surface area contributed by atoms with E-state index in [1.54, 1.807) is 6.07 Å². The van der Waals surface area contributed by atoms with Crippen molar-refractivity contribution in [1.82, 2.24) is 0 Å². The Balaban J connectivity index is 2.52. The summed E-state index contributed by atoms with van der Waals surface area (Å²) in [5, 5.41) is 18.9. The van der Waals surface area contributed by atoms with Crippen molar-refractivity contribution in [3.8, 4) is 6.07 Å². The second kappa shape index (κ2) is 5.16. The number of carboxylic acid groups (broad SMARTS) is 1. The summed E-state index contributed by atoms with van der Waals surface area (Å²) in [5.41, 5.74) is 2.01. The maximum Gasteiger partial charge on any atom is 0.326 e. The van der Waals surface area contributed by atoms with Gasteiger partial charge in [-0.2, -0.15) is 5.26 Å². The number of nitrogens with zero attached hydrogens (tertiary/aromatic N) is 2. The molecule has 106 valence electrons. The molecule has 0 aliphatic carbocycles. The molecule has 0 amide bonds. The monoisotopic (exact) mass is 272 g/mol. The van der Waals surface area contributed by atoms with E-state index in [4.69, 9.17) is 0 Å². The number of carboxylic acids is 1. The quantitative estimate of drug-likeness (QED) is 0.899. The van der Waals surface area contributed by atoms with Crippen LogP contribution in [0.2, 0.25) is 0 Å². The molecule has 1 N–H and O–H groups in total. The van der Waals surface area contributed by atoms with Gasteiger partial charge in [0.2, 0.25) is 0 Å². The molecule has 1 unspecified atom stereocenters. The molecule has 1 heterocycles. The molecular weight excluding hydrogens is 252 g/mol. The largest absolute Gasteiger partial charge is 0.480 e. The molecule has 1 aromatic carbocycles. The van der Waals surface area contributed by atoms with E-state index in [0.29, 0.717) is 12.1 Å². The smallest absolute Gasteiger partial charge is 0.326 e. The van der Waals surface area contributed by atoms with Crippen molar-refractivity contribution >= 4 is 11.7 Å². The van der Waals surface area contributed by atoms with Crippen molar-refractivity contribution in [3.05, 3.63) is 29.3 Å². The van der Waals surface area contributed by atoms with Gasteiger partial charge < -0.3 is 10.0 Å². The van der Waals surface area contributed by atoms with E-state index in [9.17, 15) is 15.2 Å². The SMILES string of the molecule is Cc1ccc(C#N)c(N2CCCC(C)(C)C2C(=O)O)c1. The van der Waals surface area contributed by atoms with Crippen LogP contribution in [0.3, 0.4) is 0 Å². The molecule has 0 bridgehead atoms. The van der Waals surface area contributed by atoms with Crippen molar-refractivity contribution in [3.63, 3.8) is 0 Å². The van der Waals surface area contributed by atoms with E-state index >= 15 is 0 Å². The van der Waals surface area contributed by atoms with Gasteiger partial charge in [-0.15, -0.1) is 0 Å². The standard InChI is InChI=1S/C16H20N2O2/c1-11-5-6-12(10-17)13(9-11)18-8-4-7-16(2,3)14(18)15(19)20/h5-6,9,14H,4,7-8H2,1-3H3,(H,19,20). The van der Waals surface area contributed by atoms with Crippen molar-refractivity contribution in [2.75, 3.05) is 11.4 Å². The fourth-order valence-corrected chi connectivity index (χ4v) is 3.09. The third-order valence-electron chi connectivity index (χ3n) is 4.09. The van der Waals surface area contributed by atoms with E-state index in [1.807, 2.05) is 37.8 Å². The number of rotatable bonds is 2. The summed E-state index contributed by atoms with van der Waals surface area (Å²) in [6.45, 7) is 6.60. The summed E-state index contributed by atoms with van der Waals surface area (Å²) >= 11 is 0. The molecule has 1 aliphatic rings. The molecule has 0 aromatic heterocycles. The van der Waals surface area contributed by atoms with Crippen LogP contribution in [0.15, 0.2) is 18.2 Å². The topological polar surface area (TPSA) is 64.3 Å². The average Bonchev–Trinajstić information content (AvgIpc) is 2.36. The van der Waals surface area contributed by atoms with Crippen LogP contribution in [0.5, 0.6) is 0 Å². The molecule has 4 heteroatoms. The van der Waals surface area contributed by atoms with Crippen LogP contribution in [0.1, 0.15) is 37.8 Å². The second-order valence-corrected chi connectivity index (χ2v) is 6.16. The van der Waals surface area contributed by atoms with Gasteiger partial charge in [0.25, 0.3) is 0 Å². The normalized spacial score (nSPS) is 21.3. The Bertz CT molecular complexity index is 572. The van der Waals surface area contributed by atoms with Gasteiger partial charge in [0.1, 0.15) is 12.1 Å². The molecule has 1 atom stereocenters. The number of aliphatic carboxylic acids is 1. The molecule has 0 spiro atoms. The maximum absolute atomic E-state index is 11.7. The first-order valence-electron chi connectivity index (χ1n) is 6.87. The highest BCUT2D eigenvalue weighted by Gasteiger charge is 2.43. The van der Waals surface area contributed by atoms with Crippen LogP contribution in [-0.2, 0) is 4.79 Å². The van der Waals surface area contributed by atoms with Gasteiger partial charge in [0.15, 0.2) is 0 Å². The summed E-state index contributed by atoms with van der Waals surface area (Å²) in [4.78, 5) is 13.6. The molecule has 1 aliphatic heterocycles. The zero-order chi connectivity index (χ0) is 14.9. The Kier molecular flexibility index (Phi) is 3.71. The first-order valence-corrected chi connectivity index (χ1v) is 6.87. The van der Waals surface area contributed by atoms with E-state index in [2.05, 4.69) is 6.07 Å². The van der Waals surface area contributed by atoms with Crippen LogP contribution in [-0.4, -0.2) is 23.7 Å². The Hall–Kier alpha value is -2.02. The minimum absolute atomic E-state index is 0.305. The summed E-state index contributed by atoms with van der Waals surface area (Å²) in [6.07, 6.45) is 1.82. The molecular formula is C16H20N2O2. The van der Waals surface area contributed by atoms with E-state index < -0.39 is 12.0 Å². The molecule has 20 heavy (non-hydrogen) atoms. The fourth-order valence-electron chi connectivity index (χ4n) is 3.09. The molecule has 0 saturated carbocycles. The Morgan fingerprint density at radius 2 is 2.20 bits per heavy atom. The predicted molar refractivity (Wildman–Crippen MR) is 77.7 cm³/mol. The first kappa shape index (κ1) is 14.4. The van der Waals surface area contributed by atoms with Gasteiger partial charge >= 0.3 is 5.97 Å². The van der Waals surface area contributed by atoms with Crippen molar-refractivity contribution in [2.24, 2.45) is 5.41 Å². The fraction of sp³-hybridized carbons (Fsp3) is 0.500. The molecule has 1 aromatic rings. The highest BCUT2D eigenvalue weighted by molar-refractivity contribution is 5.81. The molecule has 0 radical (unpaired) electrons. The second-order valence-electron chi connectivity index (χ2n) is 6.16. The third-order valence-corrected chi connectivity index (χ3v) is 4.09. The van der Waals surface area contributed by atoms with E-state index in [0.717, 1.165) is 24.1 Å². The van der Waals surface area contributed by atoms with Crippen LogP contribution >= 0.6 is 0 Å². The van der Waals surface area contributed by atoms with Gasteiger partial charge in [-0.25, -0.2) is 4.79 Å². The minimum atomic E-state index is -0.819. The van der Waals surface area contributed by atoms with E-state index in [1.165, 1.54) is 0 Å². The number of anilines is 1. The lowest BCUT2D eigenvalue weighted by Gasteiger charge is -2.45. The Morgan fingerprint density at radius 1 is 1.50 bits per heavy atom. The van der Waals surface area contributed by atoms with Crippen LogP contribution < -0.4 is 4.90 Å². The summed E-state index contributed by atoms with van der Waals surface area (Å²) in [7, 11) is 0. The van der Waals surface area contributed by atoms with Crippen LogP contribution in [0.4, 0.5) is 5.69 Å². The van der Waals surface area contributed by atoms with Crippen molar-refractivity contribution < 1.29 is 9.90 Å². The summed E-state index contributed by atoms with van der Waals surface area (Å²) < 4.78 is 0. The van der Waals surface area contributed by atoms with Gasteiger partial charge in [-0.1, -0.05) is 19.9 Å². The zero-order valence-electron chi connectivity index (χ0n) is 12.2. The van der Waals surface area contributed by atoms with Gasteiger partial charge in [-0.3, -0.25) is 0 Å². The van der Waals surface area contributed by atoms with Gasteiger partial charge in [0.05, 0.1) is 11.3 Å². The van der Waals surface area contributed by atoms with Crippen molar-refractivity contribution in [1.29, 1.82) is 5.26 Å². The van der Waals surface area contributed by atoms with Crippen molar-refractivity contribution in [2.45, 2.75) is 39.7 Å². The Labute approximate surface area is 119 Å². The first-order chi connectivity index (χ1) is 9.36. The summed E-state index contributed by atoms with van der Waals surface area (Å²) in [5.74, 6) is -0.819. The lowest BCUT2D eigenvalue weighted by Crippen LogP contribution is -2.54. The predicted octanol–water partition coefficient (Wildman–Crippen LogP) is 2.95. The highest BCUT2D eigenvalue weighted by atomic mass is 16.4. The molecule has 1 saturated heterocycles. The number of nitriles is 1. The molecule has 1 fully saturated rings. The van der Waals surface area contributed by atoms with E-state index in [-0.39, 0.29) is 5.41 Å². The molecule has 4 nitrogen and oxygen atoms in total. The van der Waals surface area contributed by atoms with Crippen LogP contribution in [0, 0.1) is 23.7 Å². The lowest BCUT2D eigenvalue weighted by molar-refractivity contribution is -0.142. The zero-order valence-corrected chi connectivity index (χ0v) is 12.2. The lowest BCUT2D eigenvalue weighted by atomic mass is 9.76. The number of aryl methyl sites for hydroxylation is 1. The highest BCUT2D eigenvalue weighted by Crippen LogP contribution is 2.39.